The van der Waals surface area contributed by atoms with Crippen molar-refractivity contribution in [3.8, 4) is 5.75 Å². The summed E-state index contributed by atoms with van der Waals surface area (Å²) in [7, 11) is 0. The summed E-state index contributed by atoms with van der Waals surface area (Å²) in [5.74, 6) is 1.72. The van der Waals surface area contributed by atoms with Gasteiger partial charge in [0.15, 0.2) is 0 Å². The first-order valence-electron chi connectivity index (χ1n) is 6.69. The Morgan fingerprint density at radius 2 is 2.06 bits per heavy atom. The van der Waals surface area contributed by atoms with Crippen LogP contribution in [0.3, 0.4) is 0 Å². The van der Waals surface area contributed by atoms with Gasteiger partial charge in [0.25, 0.3) is 0 Å². The molecule has 0 radical (unpaired) electrons. The fourth-order valence-electron chi connectivity index (χ4n) is 1.70. The highest BCUT2D eigenvalue weighted by atomic mass is 79.9. The lowest BCUT2D eigenvalue weighted by Gasteiger charge is -2.10. The molecule has 0 saturated heterocycles. The van der Waals surface area contributed by atoms with Gasteiger partial charge in [0.1, 0.15) is 5.75 Å². The maximum atomic E-state index is 5.77. The topological polar surface area (TPSA) is 21.3 Å². The zero-order valence-corrected chi connectivity index (χ0v) is 13.2. The lowest BCUT2D eigenvalue weighted by atomic mass is 10.2. The Hall–Kier alpha value is -0.540. The van der Waals surface area contributed by atoms with Crippen LogP contribution >= 0.6 is 15.9 Å². The van der Waals surface area contributed by atoms with E-state index < -0.39 is 0 Å². The number of rotatable bonds is 8. The molecule has 0 fully saturated rings. The first-order valence-corrected chi connectivity index (χ1v) is 7.48. The van der Waals surface area contributed by atoms with Gasteiger partial charge in [-0.25, -0.2) is 0 Å². The Bertz CT molecular complexity index is 352. The molecule has 0 spiro atoms. The fourth-order valence-corrected chi connectivity index (χ4v) is 2.18. The van der Waals surface area contributed by atoms with Gasteiger partial charge in [-0.3, -0.25) is 0 Å². The molecule has 0 aliphatic rings. The summed E-state index contributed by atoms with van der Waals surface area (Å²) < 4.78 is 6.87. The van der Waals surface area contributed by atoms with Crippen LogP contribution in [0.2, 0.25) is 0 Å². The smallest absolute Gasteiger partial charge is 0.122 e. The second-order valence-electron chi connectivity index (χ2n) is 5.06. The van der Waals surface area contributed by atoms with Gasteiger partial charge in [-0.05, 0) is 62.5 Å². The van der Waals surface area contributed by atoms with Crippen molar-refractivity contribution in [2.75, 3.05) is 19.7 Å². The standard InChI is InChI=1S/C15H24BrNO/c1-12(2)11-17-8-4-5-9-18-15-7-6-14(16)10-13(15)3/h6-7,10,12,17H,4-5,8-9,11H2,1-3H3. The minimum Gasteiger partial charge on any atom is -0.493 e. The van der Waals surface area contributed by atoms with E-state index >= 15 is 0 Å². The molecule has 1 aromatic carbocycles. The van der Waals surface area contributed by atoms with Crippen LogP contribution in [0.25, 0.3) is 0 Å². The molecule has 0 heterocycles. The molecule has 102 valence electrons. The number of aryl methyl sites for hydroxylation is 1. The first-order chi connectivity index (χ1) is 8.59. The lowest BCUT2D eigenvalue weighted by Crippen LogP contribution is -2.21. The van der Waals surface area contributed by atoms with Crippen LogP contribution in [0.15, 0.2) is 22.7 Å². The predicted octanol–water partition coefficient (Wildman–Crippen LogP) is 4.16. The average Bonchev–Trinajstić information content (AvgIpc) is 2.30. The molecule has 3 heteroatoms. The SMILES string of the molecule is Cc1cc(Br)ccc1OCCCCNCC(C)C. The van der Waals surface area contributed by atoms with Crippen LogP contribution in [0.4, 0.5) is 0 Å². The van der Waals surface area contributed by atoms with Gasteiger partial charge in [-0.2, -0.15) is 0 Å². The van der Waals surface area contributed by atoms with Crippen molar-refractivity contribution in [3.63, 3.8) is 0 Å². The third kappa shape index (κ3) is 6.41. The van der Waals surface area contributed by atoms with Crippen molar-refractivity contribution < 1.29 is 4.74 Å². The van der Waals surface area contributed by atoms with Crippen molar-refractivity contribution in [2.45, 2.75) is 33.6 Å². The van der Waals surface area contributed by atoms with Crippen LogP contribution < -0.4 is 10.1 Å². The average molecular weight is 314 g/mol. The Labute approximate surface area is 119 Å². The highest BCUT2D eigenvalue weighted by Crippen LogP contribution is 2.22. The summed E-state index contributed by atoms with van der Waals surface area (Å²) in [6.07, 6.45) is 2.27. The van der Waals surface area contributed by atoms with E-state index in [9.17, 15) is 0 Å². The molecule has 0 atom stereocenters. The highest BCUT2D eigenvalue weighted by Gasteiger charge is 1.99. The Morgan fingerprint density at radius 1 is 1.28 bits per heavy atom. The maximum absolute atomic E-state index is 5.77. The monoisotopic (exact) mass is 313 g/mol. The quantitative estimate of drug-likeness (QED) is 0.727. The Kier molecular flexibility index (Phi) is 7.36. The van der Waals surface area contributed by atoms with Crippen LogP contribution in [0.1, 0.15) is 32.3 Å². The third-order valence-electron chi connectivity index (χ3n) is 2.70. The molecular formula is C15H24BrNO. The molecule has 0 saturated carbocycles. The Balaban J connectivity index is 2.11. The molecule has 1 N–H and O–H groups in total. The number of hydrogen-bond donors (Lipinski definition) is 1. The van der Waals surface area contributed by atoms with E-state index in [1.165, 1.54) is 12.0 Å². The van der Waals surface area contributed by atoms with E-state index in [2.05, 4.69) is 48.1 Å². The van der Waals surface area contributed by atoms with E-state index in [1.54, 1.807) is 0 Å². The number of unbranched alkanes of at least 4 members (excludes halogenated alkanes) is 1. The van der Waals surface area contributed by atoms with Gasteiger partial charge in [0.05, 0.1) is 6.61 Å². The van der Waals surface area contributed by atoms with Crippen LogP contribution in [-0.4, -0.2) is 19.7 Å². The second-order valence-corrected chi connectivity index (χ2v) is 5.98. The van der Waals surface area contributed by atoms with Crippen molar-refractivity contribution in [2.24, 2.45) is 5.92 Å². The van der Waals surface area contributed by atoms with E-state index in [1.807, 2.05) is 12.1 Å². The van der Waals surface area contributed by atoms with Crippen molar-refractivity contribution >= 4 is 15.9 Å². The number of ether oxygens (including phenoxy) is 1. The largest absolute Gasteiger partial charge is 0.493 e. The van der Waals surface area contributed by atoms with Gasteiger partial charge in [-0.15, -0.1) is 0 Å². The normalized spacial score (nSPS) is 10.9. The molecule has 0 bridgehead atoms. The highest BCUT2D eigenvalue weighted by molar-refractivity contribution is 9.10. The van der Waals surface area contributed by atoms with Gasteiger partial charge < -0.3 is 10.1 Å². The first kappa shape index (κ1) is 15.5. The van der Waals surface area contributed by atoms with Crippen LogP contribution in [0.5, 0.6) is 5.75 Å². The van der Waals surface area contributed by atoms with Crippen molar-refractivity contribution in [1.82, 2.24) is 5.32 Å². The minimum absolute atomic E-state index is 0.728. The number of benzene rings is 1. The van der Waals surface area contributed by atoms with Gasteiger partial charge in [-0.1, -0.05) is 29.8 Å². The zero-order chi connectivity index (χ0) is 13.4. The van der Waals surface area contributed by atoms with Crippen molar-refractivity contribution in [1.29, 1.82) is 0 Å². The van der Waals surface area contributed by atoms with Gasteiger partial charge in [0, 0.05) is 4.47 Å². The molecule has 0 aromatic heterocycles. The van der Waals surface area contributed by atoms with Crippen molar-refractivity contribution in [3.05, 3.63) is 28.2 Å². The van der Waals surface area contributed by atoms with Crippen LogP contribution in [0, 0.1) is 12.8 Å². The Morgan fingerprint density at radius 3 is 2.72 bits per heavy atom. The minimum atomic E-state index is 0.728. The van der Waals surface area contributed by atoms with E-state index in [0.717, 1.165) is 42.3 Å². The zero-order valence-electron chi connectivity index (χ0n) is 11.6. The molecule has 0 aliphatic heterocycles. The van der Waals surface area contributed by atoms with E-state index in [-0.39, 0.29) is 0 Å². The van der Waals surface area contributed by atoms with Gasteiger partial charge in [0.2, 0.25) is 0 Å². The summed E-state index contributed by atoms with van der Waals surface area (Å²) >= 11 is 3.45. The number of nitrogens with one attached hydrogen (secondary N) is 1. The molecule has 0 unspecified atom stereocenters. The molecule has 0 aliphatic carbocycles. The second kappa shape index (κ2) is 8.54. The number of hydrogen-bond acceptors (Lipinski definition) is 2. The molecule has 1 aromatic rings. The molecule has 0 amide bonds. The third-order valence-corrected chi connectivity index (χ3v) is 3.19. The van der Waals surface area contributed by atoms with E-state index in [4.69, 9.17) is 4.74 Å². The molecule has 1 rings (SSSR count). The summed E-state index contributed by atoms with van der Waals surface area (Å²) in [5, 5.41) is 3.44. The van der Waals surface area contributed by atoms with E-state index in [0.29, 0.717) is 0 Å². The summed E-state index contributed by atoms with van der Waals surface area (Å²) in [5.41, 5.74) is 1.18. The fraction of sp³-hybridized carbons (Fsp3) is 0.600. The molecule has 18 heavy (non-hydrogen) atoms. The number of halogens is 1. The summed E-state index contributed by atoms with van der Waals surface area (Å²) in [4.78, 5) is 0. The maximum Gasteiger partial charge on any atom is 0.122 e. The summed E-state index contributed by atoms with van der Waals surface area (Å²) in [6, 6.07) is 6.13. The molecule has 2 nitrogen and oxygen atoms in total. The summed E-state index contributed by atoms with van der Waals surface area (Å²) in [6.45, 7) is 9.52. The molecular weight excluding hydrogens is 290 g/mol. The van der Waals surface area contributed by atoms with Gasteiger partial charge >= 0.3 is 0 Å². The lowest BCUT2D eigenvalue weighted by molar-refractivity contribution is 0.303. The predicted molar refractivity (Wildman–Crippen MR) is 81.3 cm³/mol. The van der Waals surface area contributed by atoms with Crippen LogP contribution in [-0.2, 0) is 0 Å².